The molecule has 24 heavy (non-hydrogen) atoms. The van der Waals surface area contributed by atoms with Crippen molar-refractivity contribution in [1.29, 1.82) is 0 Å². The second kappa shape index (κ2) is 7.79. The number of hydrogen-bond acceptors (Lipinski definition) is 5. The third-order valence-corrected chi connectivity index (χ3v) is 4.15. The third kappa shape index (κ3) is 4.81. The second-order valence-electron chi connectivity index (χ2n) is 7.18. The van der Waals surface area contributed by atoms with Crippen molar-refractivity contribution < 1.29 is 19.2 Å². The number of hydrogen-bond donors (Lipinski definition) is 0. The van der Waals surface area contributed by atoms with Crippen LogP contribution in [-0.4, -0.2) is 36.7 Å². The van der Waals surface area contributed by atoms with Crippen LogP contribution in [0.4, 0.5) is 0 Å². The summed E-state index contributed by atoms with van der Waals surface area (Å²) in [7, 11) is 0. The van der Waals surface area contributed by atoms with Crippen LogP contribution in [0.2, 0.25) is 0 Å². The van der Waals surface area contributed by atoms with Crippen molar-refractivity contribution in [2.24, 2.45) is 5.41 Å². The van der Waals surface area contributed by atoms with Crippen molar-refractivity contribution in [2.45, 2.75) is 46.5 Å². The van der Waals surface area contributed by atoms with Crippen LogP contribution in [0.25, 0.3) is 0 Å². The van der Waals surface area contributed by atoms with Gasteiger partial charge in [0.1, 0.15) is 0 Å². The molecule has 0 spiro atoms. The van der Waals surface area contributed by atoms with Gasteiger partial charge in [0, 0.05) is 13.1 Å². The highest BCUT2D eigenvalue weighted by atomic mass is 16.7. The summed E-state index contributed by atoms with van der Waals surface area (Å²) in [6.07, 6.45) is 1.79. The van der Waals surface area contributed by atoms with Gasteiger partial charge >= 0.3 is 11.9 Å². The highest BCUT2D eigenvalue weighted by Gasteiger charge is 2.29. The smallest absolute Gasteiger partial charge is 0.338 e. The zero-order chi connectivity index (χ0) is 17.7. The maximum atomic E-state index is 12.0. The van der Waals surface area contributed by atoms with Gasteiger partial charge in [-0.15, -0.1) is 5.06 Å². The number of rotatable bonds is 4. The summed E-state index contributed by atoms with van der Waals surface area (Å²) in [4.78, 5) is 29.3. The van der Waals surface area contributed by atoms with Crippen molar-refractivity contribution in [1.82, 2.24) is 5.06 Å². The van der Waals surface area contributed by atoms with Crippen LogP contribution >= 0.6 is 0 Å². The molecular formula is C19H27NO4. The van der Waals surface area contributed by atoms with Gasteiger partial charge in [-0.3, -0.25) is 0 Å². The van der Waals surface area contributed by atoms with Gasteiger partial charge in [0.25, 0.3) is 0 Å². The lowest BCUT2D eigenvalue weighted by Crippen LogP contribution is -2.38. The fourth-order valence-electron chi connectivity index (χ4n) is 2.67. The van der Waals surface area contributed by atoms with E-state index in [1.165, 1.54) is 0 Å². The molecule has 0 unspecified atom stereocenters. The second-order valence-corrected chi connectivity index (χ2v) is 7.18. The molecule has 1 fully saturated rings. The molecule has 2 rings (SSSR count). The van der Waals surface area contributed by atoms with Crippen molar-refractivity contribution in [2.75, 3.05) is 19.7 Å². The van der Waals surface area contributed by atoms with Gasteiger partial charge in [-0.2, -0.15) is 0 Å². The Labute approximate surface area is 143 Å². The quantitative estimate of drug-likeness (QED) is 0.789. The standard InChI is InChI=1S/C19H27NO4/c1-5-23-17(21)16-8-6-7-15(13-16)14-9-11-20(12-10-14)24-18(22)19(2,3)4/h6-8,13-14H,5,9-12H2,1-4H3. The zero-order valence-electron chi connectivity index (χ0n) is 15.0. The molecule has 0 N–H and O–H groups in total. The number of carbonyl (C=O) groups excluding carboxylic acids is 2. The van der Waals surface area contributed by atoms with Crippen molar-refractivity contribution in [3.8, 4) is 0 Å². The molecule has 1 aliphatic heterocycles. The summed E-state index contributed by atoms with van der Waals surface area (Å²) in [6, 6.07) is 7.64. The van der Waals surface area contributed by atoms with Crippen LogP contribution in [-0.2, 0) is 14.4 Å². The van der Waals surface area contributed by atoms with Gasteiger partial charge in [0.15, 0.2) is 0 Å². The van der Waals surface area contributed by atoms with Gasteiger partial charge in [0.05, 0.1) is 17.6 Å². The number of carbonyl (C=O) groups is 2. The number of piperidine rings is 1. The SMILES string of the molecule is CCOC(=O)c1cccc(C2CCN(OC(=O)C(C)(C)C)CC2)c1. The van der Waals surface area contributed by atoms with E-state index in [0.717, 1.165) is 18.4 Å². The van der Waals surface area contributed by atoms with Gasteiger partial charge in [-0.1, -0.05) is 12.1 Å². The number of hydroxylamine groups is 2. The summed E-state index contributed by atoms with van der Waals surface area (Å²) in [5, 5.41) is 1.75. The Kier molecular flexibility index (Phi) is 5.99. The van der Waals surface area contributed by atoms with Crippen LogP contribution in [0.15, 0.2) is 24.3 Å². The van der Waals surface area contributed by atoms with Crippen LogP contribution < -0.4 is 0 Å². The minimum Gasteiger partial charge on any atom is -0.462 e. The summed E-state index contributed by atoms with van der Waals surface area (Å²) >= 11 is 0. The monoisotopic (exact) mass is 333 g/mol. The first-order valence-corrected chi connectivity index (χ1v) is 8.55. The Morgan fingerprint density at radius 3 is 2.46 bits per heavy atom. The maximum Gasteiger partial charge on any atom is 0.338 e. The van der Waals surface area contributed by atoms with E-state index in [0.29, 0.717) is 31.2 Å². The highest BCUT2D eigenvalue weighted by molar-refractivity contribution is 5.89. The van der Waals surface area contributed by atoms with E-state index in [9.17, 15) is 9.59 Å². The van der Waals surface area contributed by atoms with E-state index in [1.807, 2.05) is 39.0 Å². The zero-order valence-corrected chi connectivity index (χ0v) is 15.0. The number of nitrogens with zero attached hydrogens (tertiary/aromatic N) is 1. The van der Waals surface area contributed by atoms with E-state index in [-0.39, 0.29) is 11.9 Å². The first-order valence-electron chi connectivity index (χ1n) is 8.55. The molecule has 0 saturated carbocycles. The lowest BCUT2D eigenvalue weighted by Gasteiger charge is -2.32. The van der Waals surface area contributed by atoms with Crippen molar-refractivity contribution >= 4 is 11.9 Å². The Morgan fingerprint density at radius 1 is 1.21 bits per heavy atom. The highest BCUT2D eigenvalue weighted by Crippen LogP contribution is 2.29. The largest absolute Gasteiger partial charge is 0.462 e. The Balaban J connectivity index is 1.94. The normalized spacial score (nSPS) is 16.7. The third-order valence-electron chi connectivity index (χ3n) is 4.15. The first kappa shape index (κ1) is 18.5. The Bertz CT molecular complexity index is 583. The molecule has 1 aromatic carbocycles. The molecule has 0 atom stereocenters. The minimum absolute atomic E-state index is 0.203. The predicted octanol–water partition coefficient (Wildman–Crippen LogP) is 3.55. The summed E-state index contributed by atoms with van der Waals surface area (Å²) in [5.41, 5.74) is 1.24. The molecule has 0 amide bonds. The van der Waals surface area contributed by atoms with Crippen LogP contribution in [0.5, 0.6) is 0 Å². The van der Waals surface area contributed by atoms with Gasteiger partial charge in [-0.05, 0) is 64.2 Å². The van der Waals surface area contributed by atoms with Gasteiger partial charge in [-0.25, -0.2) is 9.59 Å². The molecule has 0 radical (unpaired) electrons. The molecule has 0 bridgehead atoms. The van der Waals surface area contributed by atoms with Gasteiger partial charge in [0.2, 0.25) is 0 Å². The van der Waals surface area contributed by atoms with E-state index < -0.39 is 5.41 Å². The lowest BCUT2D eigenvalue weighted by molar-refractivity contribution is -0.204. The molecule has 5 heteroatoms. The van der Waals surface area contributed by atoms with E-state index in [1.54, 1.807) is 18.1 Å². The van der Waals surface area contributed by atoms with E-state index in [4.69, 9.17) is 9.57 Å². The average molecular weight is 333 g/mol. The molecule has 1 aromatic rings. The topological polar surface area (TPSA) is 55.8 Å². The van der Waals surface area contributed by atoms with Gasteiger partial charge < -0.3 is 9.57 Å². The van der Waals surface area contributed by atoms with Crippen molar-refractivity contribution in [3.05, 3.63) is 35.4 Å². The molecule has 0 aliphatic carbocycles. The fraction of sp³-hybridized carbons (Fsp3) is 0.579. The summed E-state index contributed by atoms with van der Waals surface area (Å²) in [6.45, 7) is 9.14. The molecule has 1 aliphatic rings. The van der Waals surface area contributed by atoms with Crippen molar-refractivity contribution in [3.63, 3.8) is 0 Å². The molecule has 1 saturated heterocycles. The molecule has 1 heterocycles. The first-order chi connectivity index (χ1) is 11.3. The summed E-state index contributed by atoms with van der Waals surface area (Å²) in [5.74, 6) is -0.120. The van der Waals surface area contributed by atoms with E-state index in [2.05, 4.69) is 0 Å². The molecule has 5 nitrogen and oxygen atoms in total. The predicted molar refractivity (Wildman–Crippen MR) is 91.5 cm³/mol. The number of ether oxygens (including phenoxy) is 1. The average Bonchev–Trinajstić information content (AvgIpc) is 2.55. The maximum absolute atomic E-state index is 12.0. The minimum atomic E-state index is -0.495. The Morgan fingerprint density at radius 2 is 1.88 bits per heavy atom. The summed E-state index contributed by atoms with van der Waals surface area (Å²) < 4.78 is 5.06. The molecule has 0 aromatic heterocycles. The van der Waals surface area contributed by atoms with E-state index >= 15 is 0 Å². The van der Waals surface area contributed by atoms with Crippen LogP contribution in [0.1, 0.15) is 62.4 Å². The number of benzene rings is 1. The Hall–Kier alpha value is -1.88. The number of esters is 1. The fourth-order valence-corrected chi connectivity index (χ4v) is 2.67. The molecular weight excluding hydrogens is 306 g/mol. The van der Waals surface area contributed by atoms with Crippen LogP contribution in [0, 0.1) is 5.41 Å². The lowest BCUT2D eigenvalue weighted by atomic mass is 9.89. The molecule has 132 valence electrons. The van der Waals surface area contributed by atoms with Crippen LogP contribution in [0.3, 0.4) is 0 Å².